The summed E-state index contributed by atoms with van der Waals surface area (Å²) in [4.78, 5) is 15.7. The van der Waals surface area contributed by atoms with E-state index < -0.39 is 10.0 Å². The van der Waals surface area contributed by atoms with Crippen molar-refractivity contribution in [2.75, 3.05) is 26.2 Å². The van der Waals surface area contributed by atoms with Crippen LogP contribution in [0, 0.1) is 13.8 Å². The van der Waals surface area contributed by atoms with Gasteiger partial charge in [-0.25, -0.2) is 8.42 Å². The van der Waals surface area contributed by atoms with Crippen LogP contribution in [0.25, 0.3) is 10.1 Å². The molecule has 0 radical (unpaired) electrons. The number of aryl methyl sites for hydroxylation is 2. The highest BCUT2D eigenvalue weighted by molar-refractivity contribution is 7.89. The molecular weight excluding hydrogens is 392 g/mol. The average Bonchev–Trinajstić information content (AvgIpc) is 3.13. The first kappa shape index (κ1) is 19.1. The molecule has 3 aromatic rings. The normalized spacial score (nSPS) is 15.9. The summed E-state index contributed by atoms with van der Waals surface area (Å²) in [6.07, 6.45) is 0. The topological polar surface area (TPSA) is 57.7 Å². The van der Waals surface area contributed by atoms with E-state index in [1.165, 1.54) is 15.6 Å². The highest BCUT2D eigenvalue weighted by Crippen LogP contribution is 2.27. The third-order valence-electron chi connectivity index (χ3n) is 5.12. The summed E-state index contributed by atoms with van der Waals surface area (Å²) in [7, 11) is -3.55. The molecule has 1 amide bonds. The van der Waals surface area contributed by atoms with E-state index in [4.69, 9.17) is 0 Å². The van der Waals surface area contributed by atoms with Crippen molar-refractivity contribution in [1.82, 2.24) is 9.21 Å². The third kappa shape index (κ3) is 3.45. The number of carbonyl (C=O) groups is 1. The number of sulfonamides is 1. The molecule has 1 aromatic heterocycles. The van der Waals surface area contributed by atoms with E-state index in [0.29, 0.717) is 36.0 Å². The van der Waals surface area contributed by atoms with Gasteiger partial charge in [0.2, 0.25) is 10.0 Å². The number of nitrogens with zero attached hydrogens (tertiary/aromatic N) is 2. The van der Waals surface area contributed by atoms with Gasteiger partial charge in [0.05, 0.1) is 9.77 Å². The van der Waals surface area contributed by atoms with Crippen molar-refractivity contribution in [3.8, 4) is 0 Å². The summed E-state index contributed by atoms with van der Waals surface area (Å²) >= 11 is 1.48. The zero-order valence-corrected chi connectivity index (χ0v) is 17.5. The lowest BCUT2D eigenvalue weighted by molar-refractivity contribution is 0.0703. The van der Waals surface area contributed by atoms with Crippen LogP contribution >= 0.6 is 11.3 Å². The predicted molar refractivity (Wildman–Crippen MR) is 112 cm³/mol. The zero-order chi connectivity index (χ0) is 19.9. The van der Waals surface area contributed by atoms with Gasteiger partial charge in [-0.1, -0.05) is 30.3 Å². The number of hydrogen-bond donors (Lipinski definition) is 0. The molecule has 146 valence electrons. The van der Waals surface area contributed by atoms with E-state index in [9.17, 15) is 13.2 Å². The second-order valence-electron chi connectivity index (χ2n) is 7.11. The van der Waals surface area contributed by atoms with Crippen molar-refractivity contribution in [3.63, 3.8) is 0 Å². The number of thiophene rings is 1. The molecule has 0 saturated carbocycles. The number of fused-ring (bicyclic) bond motifs is 1. The predicted octanol–water partition coefficient (Wildman–Crippen LogP) is 3.66. The molecule has 0 N–H and O–H groups in total. The molecule has 0 atom stereocenters. The Morgan fingerprint density at radius 2 is 1.68 bits per heavy atom. The molecular formula is C21H22N2O3S2. The Balaban J connectivity index is 1.49. The van der Waals surface area contributed by atoms with E-state index >= 15 is 0 Å². The van der Waals surface area contributed by atoms with E-state index in [1.807, 2.05) is 56.3 Å². The van der Waals surface area contributed by atoms with Crippen LogP contribution in [0.2, 0.25) is 0 Å². The van der Waals surface area contributed by atoms with Gasteiger partial charge in [0.25, 0.3) is 5.91 Å². The van der Waals surface area contributed by atoms with E-state index in [0.717, 1.165) is 21.2 Å². The van der Waals surface area contributed by atoms with Crippen LogP contribution in [0.4, 0.5) is 0 Å². The number of rotatable bonds is 3. The van der Waals surface area contributed by atoms with Crippen LogP contribution in [0.15, 0.2) is 53.4 Å². The molecule has 2 heterocycles. The van der Waals surface area contributed by atoms with Crippen molar-refractivity contribution in [2.45, 2.75) is 18.7 Å². The second kappa shape index (κ2) is 7.31. The lowest BCUT2D eigenvalue weighted by atomic mass is 10.2. The molecule has 0 aliphatic carbocycles. The van der Waals surface area contributed by atoms with Crippen molar-refractivity contribution in [3.05, 3.63) is 64.5 Å². The molecule has 28 heavy (non-hydrogen) atoms. The maximum absolute atomic E-state index is 13.0. The fraction of sp³-hybridized carbons (Fsp3) is 0.286. The van der Waals surface area contributed by atoms with E-state index in [2.05, 4.69) is 0 Å². The highest BCUT2D eigenvalue weighted by atomic mass is 32.2. The molecule has 1 fully saturated rings. The molecule has 7 heteroatoms. The smallest absolute Gasteiger partial charge is 0.264 e. The van der Waals surface area contributed by atoms with Gasteiger partial charge in [-0.2, -0.15) is 4.31 Å². The minimum absolute atomic E-state index is 0.0232. The Bertz CT molecular complexity index is 1110. The largest absolute Gasteiger partial charge is 0.335 e. The number of amides is 1. The van der Waals surface area contributed by atoms with E-state index in [-0.39, 0.29) is 5.91 Å². The fourth-order valence-electron chi connectivity index (χ4n) is 3.50. The van der Waals surface area contributed by atoms with Gasteiger partial charge < -0.3 is 4.90 Å². The average molecular weight is 415 g/mol. The van der Waals surface area contributed by atoms with Gasteiger partial charge in [-0.15, -0.1) is 11.3 Å². The molecule has 1 saturated heterocycles. The molecule has 1 aliphatic heterocycles. The first-order valence-corrected chi connectivity index (χ1v) is 11.5. The quantitative estimate of drug-likeness (QED) is 0.657. The van der Waals surface area contributed by atoms with Gasteiger partial charge in [0, 0.05) is 30.9 Å². The maximum atomic E-state index is 13.0. The number of hydrogen-bond acceptors (Lipinski definition) is 4. The lowest BCUT2D eigenvalue weighted by Crippen LogP contribution is -2.50. The van der Waals surface area contributed by atoms with Crippen molar-refractivity contribution < 1.29 is 13.2 Å². The number of piperazine rings is 1. The summed E-state index contributed by atoms with van der Waals surface area (Å²) in [6.45, 7) is 5.13. The summed E-state index contributed by atoms with van der Waals surface area (Å²) in [5, 5.41) is 1.06. The monoisotopic (exact) mass is 414 g/mol. The molecule has 0 spiro atoms. The minimum Gasteiger partial charge on any atom is -0.335 e. The Morgan fingerprint density at radius 1 is 0.964 bits per heavy atom. The van der Waals surface area contributed by atoms with Crippen LogP contribution < -0.4 is 0 Å². The summed E-state index contributed by atoms with van der Waals surface area (Å²) < 4.78 is 28.7. The lowest BCUT2D eigenvalue weighted by Gasteiger charge is -2.34. The van der Waals surface area contributed by atoms with E-state index in [1.54, 1.807) is 11.0 Å². The number of benzene rings is 2. The van der Waals surface area contributed by atoms with Gasteiger partial charge in [0.15, 0.2) is 0 Å². The van der Waals surface area contributed by atoms with Crippen LogP contribution in [0.5, 0.6) is 0 Å². The summed E-state index contributed by atoms with van der Waals surface area (Å²) in [5.41, 5.74) is 1.66. The first-order chi connectivity index (χ1) is 13.4. The van der Waals surface area contributed by atoms with Crippen LogP contribution in [0.1, 0.15) is 20.8 Å². The summed E-state index contributed by atoms with van der Waals surface area (Å²) in [5.74, 6) is -0.0232. The first-order valence-electron chi connectivity index (χ1n) is 9.21. The SMILES string of the molecule is Cc1ccc(C)c(S(=O)(=O)N2CCN(C(=O)c3cc4ccccc4s3)CC2)c1. The number of carbonyl (C=O) groups excluding carboxylic acids is 1. The minimum atomic E-state index is -3.55. The van der Waals surface area contributed by atoms with Gasteiger partial charge >= 0.3 is 0 Å². The summed E-state index contributed by atoms with van der Waals surface area (Å²) in [6, 6.07) is 15.3. The maximum Gasteiger partial charge on any atom is 0.264 e. The van der Waals surface area contributed by atoms with Crippen molar-refractivity contribution in [1.29, 1.82) is 0 Å². The Morgan fingerprint density at radius 3 is 2.39 bits per heavy atom. The van der Waals surface area contributed by atoms with Crippen LogP contribution in [0.3, 0.4) is 0 Å². The second-order valence-corrected chi connectivity index (χ2v) is 10.1. The van der Waals surface area contributed by atoms with Crippen molar-refractivity contribution >= 4 is 37.4 Å². The third-order valence-corrected chi connectivity index (χ3v) is 8.27. The fourth-order valence-corrected chi connectivity index (χ4v) is 6.26. The van der Waals surface area contributed by atoms with Crippen molar-refractivity contribution in [2.24, 2.45) is 0 Å². The van der Waals surface area contributed by atoms with Gasteiger partial charge in [0.1, 0.15) is 0 Å². The Kier molecular flexibility index (Phi) is 4.99. The van der Waals surface area contributed by atoms with Gasteiger partial charge in [-0.3, -0.25) is 4.79 Å². The van der Waals surface area contributed by atoms with Crippen LogP contribution in [-0.4, -0.2) is 49.7 Å². The molecule has 2 aromatic carbocycles. The molecule has 0 bridgehead atoms. The van der Waals surface area contributed by atoms with Crippen LogP contribution in [-0.2, 0) is 10.0 Å². The van der Waals surface area contributed by atoms with Gasteiger partial charge in [-0.05, 0) is 48.6 Å². The zero-order valence-electron chi connectivity index (χ0n) is 15.9. The molecule has 1 aliphatic rings. The Labute approximate surface area is 169 Å². The highest BCUT2D eigenvalue weighted by Gasteiger charge is 2.31. The standard InChI is InChI=1S/C21H22N2O3S2/c1-15-7-8-16(2)20(13-15)28(25,26)23-11-9-22(10-12-23)21(24)19-14-17-5-3-4-6-18(17)27-19/h3-8,13-14H,9-12H2,1-2H3. The molecule has 4 rings (SSSR count). The molecule has 0 unspecified atom stereocenters. The molecule has 5 nitrogen and oxygen atoms in total. The Hall–Kier alpha value is -2.22.